The molecule has 1 aromatic rings. The van der Waals surface area contributed by atoms with Crippen LogP contribution in [-0.2, 0) is 17.8 Å². The Hall–Kier alpha value is -0.980. The van der Waals surface area contributed by atoms with E-state index in [0.717, 1.165) is 25.3 Å². The molecule has 0 fully saturated rings. The lowest BCUT2D eigenvalue weighted by Crippen LogP contribution is -2.30. The van der Waals surface area contributed by atoms with Crippen LogP contribution < -0.4 is 5.32 Å². The van der Waals surface area contributed by atoms with Gasteiger partial charge in [0, 0.05) is 33.0 Å². The largest absolute Gasteiger partial charge is 0.394 e. The van der Waals surface area contributed by atoms with E-state index in [2.05, 4.69) is 29.5 Å². The molecule has 0 atom stereocenters. The van der Waals surface area contributed by atoms with Crippen molar-refractivity contribution in [3.8, 4) is 0 Å². The fourth-order valence-electron chi connectivity index (χ4n) is 1.63. The molecule has 0 spiro atoms. The van der Waals surface area contributed by atoms with Gasteiger partial charge in [-0.2, -0.15) is 0 Å². The highest BCUT2D eigenvalue weighted by Gasteiger charge is 2.16. The highest BCUT2D eigenvalue weighted by Crippen LogP contribution is 2.18. The van der Waals surface area contributed by atoms with Crippen molar-refractivity contribution in [3.05, 3.63) is 11.9 Å². The molecule has 104 valence electrons. The molecule has 1 heterocycles. The third-order valence-corrected chi connectivity index (χ3v) is 2.81. The van der Waals surface area contributed by atoms with E-state index in [0.29, 0.717) is 13.1 Å². The average Bonchev–Trinajstić information content (AvgIpc) is 2.75. The van der Waals surface area contributed by atoms with E-state index < -0.39 is 0 Å². The van der Waals surface area contributed by atoms with Gasteiger partial charge in [-0.25, -0.2) is 4.68 Å². The van der Waals surface area contributed by atoms with Gasteiger partial charge in [0.05, 0.1) is 18.8 Å². The minimum atomic E-state index is 0.0836. The summed E-state index contributed by atoms with van der Waals surface area (Å²) in [6, 6.07) is 0. The molecule has 0 saturated heterocycles. The van der Waals surface area contributed by atoms with Gasteiger partial charge in [0.2, 0.25) is 0 Å². The number of hydrogen-bond acceptors (Lipinski definition) is 5. The third kappa shape index (κ3) is 5.57. The maximum absolute atomic E-state index is 8.78. The van der Waals surface area contributed by atoms with Crippen LogP contribution in [0.1, 0.15) is 26.0 Å². The lowest BCUT2D eigenvalue weighted by atomic mass is 9.90. The zero-order valence-electron chi connectivity index (χ0n) is 11.5. The molecule has 0 amide bonds. The second kappa shape index (κ2) is 7.45. The first-order valence-corrected chi connectivity index (χ1v) is 6.27. The number of nitrogens with one attached hydrogen (secondary N) is 1. The van der Waals surface area contributed by atoms with E-state index in [1.165, 1.54) is 0 Å². The lowest BCUT2D eigenvalue weighted by molar-refractivity contribution is 0.150. The van der Waals surface area contributed by atoms with Gasteiger partial charge >= 0.3 is 0 Å². The number of ether oxygens (including phenoxy) is 1. The minimum absolute atomic E-state index is 0.0836. The van der Waals surface area contributed by atoms with Crippen LogP contribution in [0.25, 0.3) is 0 Å². The molecule has 18 heavy (non-hydrogen) atoms. The Kier molecular flexibility index (Phi) is 6.24. The van der Waals surface area contributed by atoms with Crippen molar-refractivity contribution in [2.75, 3.05) is 26.9 Å². The molecule has 0 aliphatic carbocycles. The molecule has 0 aliphatic rings. The smallest absolute Gasteiger partial charge is 0.0964 e. The molecule has 0 unspecified atom stereocenters. The quantitative estimate of drug-likeness (QED) is 0.670. The molecule has 0 bridgehead atoms. The Morgan fingerprint density at radius 3 is 2.94 bits per heavy atom. The highest BCUT2D eigenvalue weighted by molar-refractivity contribution is 4.91. The molecule has 6 nitrogen and oxygen atoms in total. The third-order valence-electron chi connectivity index (χ3n) is 2.81. The fourth-order valence-corrected chi connectivity index (χ4v) is 1.63. The van der Waals surface area contributed by atoms with Gasteiger partial charge in [-0.1, -0.05) is 19.1 Å². The van der Waals surface area contributed by atoms with Crippen LogP contribution in [0.5, 0.6) is 0 Å². The standard InChI is InChI=1S/C12H24N4O2/c1-12(2,4-7-18-3)10-13-8-11-9-16(5-6-17)15-14-11/h9,13,17H,4-8,10H2,1-3H3. The van der Waals surface area contributed by atoms with Crippen molar-refractivity contribution in [2.24, 2.45) is 5.41 Å². The molecule has 2 N–H and O–H groups in total. The van der Waals surface area contributed by atoms with Gasteiger partial charge < -0.3 is 15.2 Å². The van der Waals surface area contributed by atoms with Gasteiger partial charge in [0.1, 0.15) is 0 Å². The summed E-state index contributed by atoms with van der Waals surface area (Å²) < 4.78 is 6.74. The van der Waals surface area contributed by atoms with E-state index in [1.807, 2.05) is 6.20 Å². The molecule has 6 heteroatoms. The summed E-state index contributed by atoms with van der Waals surface area (Å²) >= 11 is 0. The minimum Gasteiger partial charge on any atom is -0.394 e. The Labute approximate surface area is 108 Å². The van der Waals surface area contributed by atoms with Crippen molar-refractivity contribution in [3.63, 3.8) is 0 Å². The Morgan fingerprint density at radius 1 is 1.50 bits per heavy atom. The molecule has 0 saturated carbocycles. The first-order chi connectivity index (χ1) is 8.57. The molecular formula is C12H24N4O2. The van der Waals surface area contributed by atoms with E-state index in [4.69, 9.17) is 9.84 Å². The number of aliphatic hydroxyl groups excluding tert-OH is 1. The number of aromatic nitrogens is 3. The van der Waals surface area contributed by atoms with E-state index in [9.17, 15) is 0 Å². The number of nitrogens with zero attached hydrogens (tertiary/aromatic N) is 3. The number of methoxy groups -OCH3 is 1. The van der Waals surface area contributed by atoms with Crippen LogP contribution in [-0.4, -0.2) is 47.0 Å². The number of aliphatic hydroxyl groups is 1. The monoisotopic (exact) mass is 256 g/mol. The van der Waals surface area contributed by atoms with Crippen LogP contribution >= 0.6 is 0 Å². The first kappa shape index (κ1) is 15.1. The van der Waals surface area contributed by atoms with Crippen molar-refractivity contribution in [1.29, 1.82) is 0 Å². The fraction of sp³-hybridized carbons (Fsp3) is 0.833. The summed E-state index contributed by atoms with van der Waals surface area (Å²) in [5.74, 6) is 0. The SMILES string of the molecule is COCCC(C)(C)CNCc1cn(CCO)nn1. The van der Waals surface area contributed by atoms with Gasteiger partial charge in [0.25, 0.3) is 0 Å². The first-order valence-electron chi connectivity index (χ1n) is 6.27. The summed E-state index contributed by atoms with van der Waals surface area (Å²) in [5, 5.41) is 20.1. The second-order valence-electron chi connectivity index (χ2n) is 5.21. The predicted octanol–water partition coefficient (Wildman–Crippen LogP) is 0.423. The average molecular weight is 256 g/mol. The van der Waals surface area contributed by atoms with Crippen LogP contribution in [0, 0.1) is 5.41 Å². The Balaban J connectivity index is 2.27. The van der Waals surface area contributed by atoms with Gasteiger partial charge in [0.15, 0.2) is 0 Å². The van der Waals surface area contributed by atoms with Gasteiger partial charge in [-0.15, -0.1) is 5.10 Å². The molecule has 0 aliphatic heterocycles. The summed E-state index contributed by atoms with van der Waals surface area (Å²) in [6.07, 6.45) is 2.87. The van der Waals surface area contributed by atoms with E-state index in [1.54, 1.807) is 11.8 Å². The molecular weight excluding hydrogens is 232 g/mol. The summed E-state index contributed by atoms with van der Waals surface area (Å²) in [5.41, 5.74) is 1.10. The summed E-state index contributed by atoms with van der Waals surface area (Å²) in [4.78, 5) is 0. The van der Waals surface area contributed by atoms with Crippen LogP contribution in [0.4, 0.5) is 0 Å². The highest BCUT2D eigenvalue weighted by atomic mass is 16.5. The van der Waals surface area contributed by atoms with Crippen LogP contribution in [0.15, 0.2) is 6.20 Å². The molecule has 1 rings (SSSR count). The molecule has 0 radical (unpaired) electrons. The predicted molar refractivity (Wildman–Crippen MR) is 69.1 cm³/mol. The van der Waals surface area contributed by atoms with Crippen molar-refractivity contribution >= 4 is 0 Å². The van der Waals surface area contributed by atoms with Gasteiger partial charge in [-0.3, -0.25) is 0 Å². The maximum atomic E-state index is 8.78. The van der Waals surface area contributed by atoms with E-state index in [-0.39, 0.29) is 12.0 Å². The maximum Gasteiger partial charge on any atom is 0.0964 e. The number of hydrogen-bond donors (Lipinski definition) is 2. The topological polar surface area (TPSA) is 72.2 Å². The summed E-state index contributed by atoms with van der Waals surface area (Å²) in [7, 11) is 1.73. The lowest BCUT2D eigenvalue weighted by Gasteiger charge is -2.24. The van der Waals surface area contributed by atoms with Crippen molar-refractivity contribution < 1.29 is 9.84 Å². The Bertz CT molecular complexity index is 339. The van der Waals surface area contributed by atoms with Crippen molar-refractivity contribution in [2.45, 2.75) is 33.4 Å². The zero-order valence-corrected chi connectivity index (χ0v) is 11.5. The Morgan fingerprint density at radius 2 is 2.28 bits per heavy atom. The molecule has 1 aromatic heterocycles. The molecule has 0 aromatic carbocycles. The van der Waals surface area contributed by atoms with Crippen LogP contribution in [0.3, 0.4) is 0 Å². The van der Waals surface area contributed by atoms with Crippen molar-refractivity contribution in [1.82, 2.24) is 20.3 Å². The normalized spacial score (nSPS) is 12.0. The summed E-state index contributed by atoms with van der Waals surface area (Å²) in [6.45, 7) is 7.38. The van der Waals surface area contributed by atoms with E-state index >= 15 is 0 Å². The zero-order chi connectivity index (χ0) is 13.4. The van der Waals surface area contributed by atoms with Gasteiger partial charge in [-0.05, 0) is 11.8 Å². The number of rotatable bonds is 9. The second-order valence-corrected chi connectivity index (χ2v) is 5.21. The van der Waals surface area contributed by atoms with Crippen LogP contribution in [0.2, 0.25) is 0 Å².